The van der Waals surface area contributed by atoms with E-state index in [4.69, 9.17) is 25.1 Å². The molecule has 12 heteroatoms. The average molecular weight is 357 g/mol. The smallest absolute Gasteiger partial charge is 0.224 e. The van der Waals surface area contributed by atoms with Crippen LogP contribution >= 0.6 is 0 Å². The molecule has 0 bridgehead atoms. The van der Waals surface area contributed by atoms with E-state index >= 15 is 0 Å². The second kappa shape index (κ2) is 7.41. The molecule has 2 rings (SSSR count). The van der Waals surface area contributed by atoms with Crippen molar-refractivity contribution in [3.63, 3.8) is 0 Å². The topological polar surface area (TPSA) is 216 Å². The summed E-state index contributed by atoms with van der Waals surface area (Å²) in [5.41, 5.74) is 5.21. The molecule has 0 amide bonds. The van der Waals surface area contributed by atoms with E-state index in [1.54, 1.807) is 0 Å². The SMILES string of the molecule is NC(O)[C@H]1O[C@H](OC2(CO)O[C@H](CO)[C@@H](O)[C@@H]2O)[C@H](O)[C@@H](O)[C@@H]1O. The molecule has 10 atom stereocenters. The predicted octanol–water partition coefficient (Wildman–Crippen LogP) is -6.11. The first-order valence-corrected chi connectivity index (χ1v) is 7.25. The fourth-order valence-electron chi connectivity index (χ4n) is 2.72. The molecule has 2 heterocycles. The average Bonchev–Trinajstić information content (AvgIpc) is 2.80. The van der Waals surface area contributed by atoms with Crippen molar-refractivity contribution in [1.29, 1.82) is 0 Å². The van der Waals surface area contributed by atoms with Gasteiger partial charge in [0.15, 0.2) is 6.29 Å². The lowest BCUT2D eigenvalue weighted by atomic mass is 9.97. The highest BCUT2D eigenvalue weighted by molar-refractivity contribution is 4.98. The van der Waals surface area contributed by atoms with E-state index in [9.17, 15) is 35.7 Å². The third-order valence-corrected chi connectivity index (χ3v) is 4.17. The van der Waals surface area contributed by atoms with Crippen LogP contribution in [0.15, 0.2) is 0 Å². The second-order valence-corrected chi connectivity index (χ2v) is 5.79. The molecule has 24 heavy (non-hydrogen) atoms. The molecule has 2 aliphatic heterocycles. The molecule has 0 aliphatic carbocycles. The van der Waals surface area contributed by atoms with Crippen molar-refractivity contribution in [1.82, 2.24) is 0 Å². The van der Waals surface area contributed by atoms with E-state index in [-0.39, 0.29) is 0 Å². The van der Waals surface area contributed by atoms with E-state index < -0.39 is 74.2 Å². The molecule has 12 nitrogen and oxygen atoms in total. The van der Waals surface area contributed by atoms with Gasteiger partial charge in [-0.2, -0.15) is 0 Å². The predicted molar refractivity (Wildman–Crippen MR) is 71.7 cm³/mol. The molecular formula is C12H23NO11. The van der Waals surface area contributed by atoms with Gasteiger partial charge in [-0.1, -0.05) is 0 Å². The van der Waals surface area contributed by atoms with Gasteiger partial charge in [0.2, 0.25) is 5.79 Å². The minimum atomic E-state index is -2.27. The van der Waals surface area contributed by atoms with E-state index in [1.807, 2.05) is 0 Å². The molecule has 142 valence electrons. The second-order valence-electron chi connectivity index (χ2n) is 5.79. The lowest BCUT2D eigenvalue weighted by Gasteiger charge is -2.44. The summed E-state index contributed by atoms with van der Waals surface area (Å²) >= 11 is 0. The van der Waals surface area contributed by atoms with Crippen LogP contribution in [0.4, 0.5) is 0 Å². The highest BCUT2D eigenvalue weighted by Crippen LogP contribution is 2.36. The number of aliphatic hydroxyl groups is 8. The first kappa shape index (κ1) is 19.8. The Bertz CT molecular complexity index is 426. The van der Waals surface area contributed by atoms with Gasteiger partial charge in [-0.3, -0.25) is 0 Å². The Kier molecular flexibility index (Phi) is 6.12. The number of nitrogens with two attached hydrogens (primary N) is 1. The van der Waals surface area contributed by atoms with Crippen LogP contribution in [0, 0.1) is 0 Å². The fourth-order valence-corrected chi connectivity index (χ4v) is 2.72. The maximum atomic E-state index is 10.0. The molecule has 0 spiro atoms. The molecule has 0 aromatic rings. The maximum Gasteiger partial charge on any atom is 0.224 e. The zero-order valence-corrected chi connectivity index (χ0v) is 12.5. The van der Waals surface area contributed by atoms with Gasteiger partial charge in [0.1, 0.15) is 55.6 Å². The van der Waals surface area contributed by atoms with E-state index in [0.29, 0.717) is 0 Å². The van der Waals surface area contributed by atoms with Crippen LogP contribution < -0.4 is 5.73 Å². The molecule has 2 saturated heterocycles. The zero-order valence-electron chi connectivity index (χ0n) is 12.5. The Labute approximate surface area is 136 Å². The van der Waals surface area contributed by atoms with Gasteiger partial charge in [-0.05, 0) is 0 Å². The lowest BCUT2D eigenvalue weighted by molar-refractivity contribution is -0.387. The van der Waals surface area contributed by atoms with Crippen molar-refractivity contribution < 1.29 is 55.1 Å². The highest BCUT2D eigenvalue weighted by Gasteiger charge is 2.58. The number of aliphatic hydroxyl groups excluding tert-OH is 8. The third kappa shape index (κ3) is 3.29. The van der Waals surface area contributed by atoms with Crippen LogP contribution in [0.2, 0.25) is 0 Å². The molecule has 0 aromatic carbocycles. The monoisotopic (exact) mass is 357 g/mol. The standard InChI is InChI=1S/C12H23NO11/c13-10(21)8-6(18)5(17)7(19)11(22-8)24-12(2-15)9(20)4(16)3(1-14)23-12/h3-11,14-21H,1-2,13H2/t3-,4-,5+,6+,7-,8+,9+,10?,11-,12?/m1/s1. The first-order valence-electron chi connectivity index (χ1n) is 7.25. The first-order chi connectivity index (χ1) is 11.2. The Morgan fingerprint density at radius 2 is 1.62 bits per heavy atom. The Morgan fingerprint density at radius 3 is 2.08 bits per heavy atom. The molecule has 0 radical (unpaired) electrons. The summed E-state index contributed by atoms with van der Waals surface area (Å²) in [5, 5.41) is 77.2. The molecule has 2 unspecified atom stereocenters. The number of hydrogen-bond donors (Lipinski definition) is 9. The summed E-state index contributed by atoms with van der Waals surface area (Å²) in [6, 6.07) is 0. The van der Waals surface area contributed by atoms with Crippen molar-refractivity contribution in [3.8, 4) is 0 Å². The molecule has 10 N–H and O–H groups in total. The minimum Gasteiger partial charge on any atom is -0.394 e. The lowest BCUT2D eigenvalue weighted by Crippen LogP contribution is -2.65. The van der Waals surface area contributed by atoms with Gasteiger partial charge in [0, 0.05) is 0 Å². The van der Waals surface area contributed by atoms with Crippen molar-refractivity contribution in [3.05, 3.63) is 0 Å². The fraction of sp³-hybridized carbons (Fsp3) is 1.00. The number of ether oxygens (including phenoxy) is 3. The van der Waals surface area contributed by atoms with Gasteiger partial charge in [-0.15, -0.1) is 0 Å². The van der Waals surface area contributed by atoms with Crippen LogP contribution in [0.25, 0.3) is 0 Å². The zero-order chi connectivity index (χ0) is 18.2. The number of rotatable bonds is 5. The maximum absolute atomic E-state index is 10.0. The summed E-state index contributed by atoms with van der Waals surface area (Å²) in [6.45, 7) is -1.69. The van der Waals surface area contributed by atoms with Crippen LogP contribution in [-0.2, 0) is 14.2 Å². The van der Waals surface area contributed by atoms with Gasteiger partial charge in [0.25, 0.3) is 0 Å². The van der Waals surface area contributed by atoms with E-state index in [2.05, 4.69) is 0 Å². The Morgan fingerprint density at radius 1 is 1.00 bits per heavy atom. The Hall–Kier alpha value is -0.480. The van der Waals surface area contributed by atoms with E-state index in [0.717, 1.165) is 0 Å². The molecule has 0 saturated carbocycles. The highest BCUT2D eigenvalue weighted by atomic mass is 16.8. The summed E-state index contributed by atoms with van der Waals surface area (Å²) < 4.78 is 15.4. The van der Waals surface area contributed by atoms with Crippen LogP contribution in [0.1, 0.15) is 0 Å². The van der Waals surface area contributed by atoms with Crippen LogP contribution in [-0.4, -0.2) is 115 Å². The largest absolute Gasteiger partial charge is 0.394 e. The van der Waals surface area contributed by atoms with Gasteiger partial charge in [0.05, 0.1) is 6.61 Å². The molecule has 2 aliphatic rings. The van der Waals surface area contributed by atoms with Crippen molar-refractivity contribution in [2.24, 2.45) is 5.73 Å². The summed E-state index contributed by atoms with van der Waals surface area (Å²) in [5.74, 6) is -2.27. The normalized spacial score (nSPS) is 50.9. The molecule has 0 aromatic heterocycles. The van der Waals surface area contributed by atoms with Crippen molar-refractivity contribution in [2.45, 2.75) is 61.0 Å². The van der Waals surface area contributed by atoms with Gasteiger partial charge >= 0.3 is 0 Å². The summed E-state index contributed by atoms with van der Waals surface area (Å²) in [7, 11) is 0. The van der Waals surface area contributed by atoms with Crippen molar-refractivity contribution in [2.75, 3.05) is 13.2 Å². The van der Waals surface area contributed by atoms with E-state index in [1.165, 1.54) is 0 Å². The minimum absolute atomic E-state index is 0.692. The number of hydrogen-bond acceptors (Lipinski definition) is 12. The van der Waals surface area contributed by atoms with Crippen LogP contribution in [0.5, 0.6) is 0 Å². The quantitative estimate of drug-likeness (QED) is 0.210. The van der Waals surface area contributed by atoms with Crippen molar-refractivity contribution >= 4 is 0 Å². The van der Waals surface area contributed by atoms with Gasteiger partial charge in [-0.25, -0.2) is 0 Å². The molecule has 2 fully saturated rings. The van der Waals surface area contributed by atoms with Crippen LogP contribution in [0.3, 0.4) is 0 Å². The Balaban J connectivity index is 2.20. The van der Waals surface area contributed by atoms with Gasteiger partial charge < -0.3 is 60.8 Å². The molecular weight excluding hydrogens is 334 g/mol. The summed E-state index contributed by atoms with van der Waals surface area (Å²) in [6.07, 6.45) is -15.1. The summed E-state index contributed by atoms with van der Waals surface area (Å²) in [4.78, 5) is 0. The third-order valence-electron chi connectivity index (χ3n) is 4.17.